The minimum Gasteiger partial charge on any atom is -0.485 e. The third kappa shape index (κ3) is 3.06. The molecule has 126 valence electrons. The van der Waals surface area contributed by atoms with Gasteiger partial charge in [0.1, 0.15) is 12.4 Å². The Morgan fingerprint density at radius 1 is 1.12 bits per heavy atom. The first kappa shape index (κ1) is 15.3. The van der Waals surface area contributed by atoms with Crippen molar-refractivity contribution in [2.24, 2.45) is 0 Å². The standard InChI is InChI=1S/C19H17N3O3/c1-13-11-18(22(21-13)14-7-3-2-4-8-14)20-19(23)17-12-24-15-9-5-6-10-16(15)25-17/h2-11,17H,12H2,1H3,(H,20,23). The van der Waals surface area contributed by atoms with E-state index >= 15 is 0 Å². The maximum atomic E-state index is 12.6. The zero-order chi connectivity index (χ0) is 17.2. The number of anilines is 1. The van der Waals surface area contributed by atoms with Gasteiger partial charge in [0.05, 0.1) is 11.4 Å². The Kier molecular flexibility index (Phi) is 3.85. The van der Waals surface area contributed by atoms with E-state index in [1.54, 1.807) is 10.7 Å². The van der Waals surface area contributed by atoms with Crippen LogP contribution in [0.15, 0.2) is 60.7 Å². The Morgan fingerprint density at radius 3 is 2.64 bits per heavy atom. The van der Waals surface area contributed by atoms with Crippen LogP contribution in [0.1, 0.15) is 5.69 Å². The van der Waals surface area contributed by atoms with E-state index in [1.807, 2.05) is 61.5 Å². The Balaban J connectivity index is 1.54. The Morgan fingerprint density at radius 2 is 1.84 bits per heavy atom. The maximum Gasteiger partial charge on any atom is 0.270 e. The molecule has 1 atom stereocenters. The van der Waals surface area contributed by atoms with Gasteiger partial charge in [-0.15, -0.1) is 0 Å². The molecule has 3 aromatic rings. The smallest absolute Gasteiger partial charge is 0.270 e. The van der Waals surface area contributed by atoms with Crippen LogP contribution in [0, 0.1) is 6.92 Å². The van der Waals surface area contributed by atoms with Gasteiger partial charge in [-0.2, -0.15) is 5.10 Å². The van der Waals surface area contributed by atoms with Crippen LogP contribution < -0.4 is 14.8 Å². The molecule has 1 N–H and O–H groups in total. The number of carbonyl (C=O) groups excluding carboxylic acids is 1. The fraction of sp³-hybridized carbons (Fsp3) is 0.158. The molecule has 1 aliphatic rings. The molecule has 0 bridgehead atoms. The van der Waals surface area contributed by atoms with Crippen molar-refractivity contribution in [2.45, 2.75) is 13.0 Å². The van der Waals surface area contributed by atoms with Gasteiger partial charge in [-0.1, -0.05) is 30.3 Å². The number of nitrogens with one attached hydrogen (secondary N) is 1. The van der Waals surface area contributed by atoms with Crippen LogP contribution >= 0.6 is 0 Å². The van der Waals surface area contributed by atoms with Crippen molar-refractivity contribution in [2.75, 3.05) is 11.9 Å². The van der Waals surface area contributed by atoms with E-state index in [-0.39, 0.29) is 12.5 Å². The number of hydrogen-bond acceptors (Lipinski definition) is 4. The van der Waals surface area contributed by atoms with Crippen molar-refractivity contribution in [3.8, 4) is 17.2 Å². The lowest BCUT2D eigenvalue weighted by Gasteiger charge is -2.25. The van der Waals surface area contributed by atoms with Gasteiger partial charge in [-0.05, 0) is 31.2 Å². The van der Waals surface area contributed by atoms with Gasteiger partial charge >= 0.3 is 0 Å². The summed E-state index contributed by atoms with van der Waals surface area (Å²) in [5, 5.41) is 7.33. The average Bonchev–Trinajstić information content (AvgIpc) is 3.02. The van der Waals surface area contributed by atoms with Crippen LogP contribution in [0.25, 0.3) is 5.69 Å². The van der Waals surface area contributed by atoms with Crippen molar-refractivity contribution < 1.29 is 14.3 Å². The predicted molar refractivity (Wildman–Crippen MR) is 93.3 cm³/mol. The molecule has 1 aliphatic heterocycles. The molecule has 2 aromatic carbocycles. The van der Waals surface area contributed by atoms with Crippen molar-refractivity contribution in [1.29, 1.82) is 0 Å². The molecule has 0 saturated heterocycles. The molecule has 4 rings (SSSR count). The summed E-state index contributed by atoms with van der Waals surface area (Å²) in [6, 6.07) is 18.8. The number of para-hydroxylation sites is 3. The second kappa shape index (κ2) is 6.32. The number of amides is 1. The van der Waals surface area contributed by atoms with Gasteiger partial charge < -0.3 is 14.8 Å². The van der Waals surface area contributed by atoms with Gasteiger partial charge in [0, 0.05) is 6.07 Å². The fourth-order valence-corrected chi connectivity index (χ4v) is 2.71. The second-order valence-corrected chi connectivity index (χ2v) is 5.77. The highest BCUT2D eigenvalue weighted by Gasteiger charge is 2.28. The first-order chi connectivity index (χ1) is 12.2. The molecule has 6 nitrogen and oxygen atoms in total. The number of hydrogen-bond donors (Lipinski definition) is 1. The van der Waals surface area contributed by atoms with E-state index in [0.29, 0.717) is 17.3 Å². The van der Waals surface area contributed by atoms with Crippen LogP contribution in [0.5, 0.6) is 11.5 Å². The Labute approximate surface area is 145 Å². The maximum absolute atomic E-state index is 12.6. The van der Waals surface area contributed by atoms with E-state index < -0.39 is 6.10 Å². The van der Waals surface area contributed by atoms with Gasteiger partial charge in [-0.25, -0.2) is 4.68 Å². The molecular weight excluding hydrogens is 318 g/mol. The van der Waals surface area contributed by atoms with Crippen LogP contribution in [0.2, 0.25) is 0 Å². The highest BCUT2D eigenvalue weighted by atomic mass is 16.6. The van der Waals surface area contributed by atoms with Crippen molar-refractivity contribution in [3.63, 3.8) is 0 Å². The minimum absolute atomic E-state index is 0.168. The van der Waals surface area contributed by atoms with Crippen LogP contribution in [0.4, 0.5) is 5.82 Å². The predicted octanol–water partition coefficient (Wildman–Crippen LogP) is 2.96. The summed E-state index contributed by atoms with van der Waals surface area (Å²) >= 11 is 0. The minimum atomic E-state index is -0.714. The lowest BCUT2D eigenvalue weighted by atomic mass is 10.2. The quantitative estimate of drug-likeness (QED) is 0.799. The molecule has 2 heterocycles. The van der Waals surface area contributed by atoms with E-state index in [4.69, 9.17) is 9.47 Å². The van der Waals surface area contributed by atoms with Gasteiger partial charge in [0.2, 0.25) is 6.10 Å². The average molecular weight is 335 g/mol. The molecule has 1 unspecified atom stereocenters. The SMILES string of the molecule is Cc1cc(NC(=O)C2COc3ccccc3O2)n(-c2ccccc2)n1. The summed E-state index contributed by atoms with van der Waals surface area (Å²) in [6.07, 6.45) is -0.714. The third-order valence-corrected chi connectivity index (χ3v) is 3.88. The molecule has 0 fully saturated rings. The molecule has 0 spiro atoms. The van der Waals surface area contributed by atoms with E-state index in [9.17, 15) is 4.79 Å². The number of rotatable bonds is 3. The number of carbonyl (C=O) groups is 1. The zero-order valence-corrected chi connectivity index (χ0v) is 13.7. The molecule has 0 radical (unpaired) electrons. The van der Waals surface area contributed by atoms with Gasteiger partial charge in [-0.3, -0.25) is 4.79 Å². The lowest BCUT2D eigenvalue weighted by Crippen LogP contribution is -2.40. The molecule has 1 amide bonds. The lowest BCUT2D eigenvalue weighted by molar-refractivity contribution is -0.125. The first-order valence-corrected chi connectivity index (χ1v) is 8.02. The van der Waals surface area contributed by atoms with Gasteiger partial charge in [0.15, 0.2) is 11.5 Å². The first-order valence-electron chi connectivity index (χ1n) is 8.02. The highest BCUT2D eigenvalue weighted by Crippen LogP contribution is 2.31. The van der Waals surface area contributed by atoms with Crippen LogP contribution in [-0.4, -0.2) is 28.4 Å². The number of fused-ring (bicyclic) bond motifs is 1. The monoisotopic (exact) mass is 335 g/mol. The molecule has 6 heteroatoms. The summed E-state index contributed by atoms with van der Waals surface area (Å²) in [6.45, 7) is 2.05. The Hall–Kier alpha value is -3.28. The summed E-state index contributed by atoms with van der Waals surface area (Å²) in [4.78, 5) is 12.6. The molecule has 0 aliphatic carbocycles. The molecule has 0 saturated carbocycles. The zero-order valence-electron chi connectivity index (χ0n) is 13.7. The number of benzene rings is 2. The van der Waals surface area contributed by atoms with Gasteiger partial charge in [0.25, 0.3) is 5.91 Å². The number of nitrogens with zero attached hydrogens (tertiary/aromatic N) is 2. The van der Waals surface area contributed by atoms with Crippen molar-refractivity contribution >= 4 is 11.7 Å². The second-order valence-electron chi connectivity index (χ2n) is 5.77. The third-order valence-electron chi connectivity index (χ3n) is 3.88. The number of aryl methyl sites for hydroxylation is 1. The summed E-state index contributed by atoms with van der Waals surface area (Å²) < 4.78 is 13.1. The largest absolute Gasteiger partial charge is 0.485 e. The topological polar surface area (TPSA) is 65.4 Å². The number of aromatic nitrogens is 2. The summed E-state index contributed by atoms with van der Waals surface area (Å²) in [5.41, 5.74) is 1.68. The highest BCUT2D eigenvalue weighted by molar-refractivity contribution is 5.94. The van der Waals surface area contributed by atoms with Crippen molar-refractivity contribution in [1.82, 2.24) is 9.78 Å². The van der Waals surface area contributed by atoms with E-state index in [1.165, 1.54) is 0 Å². The van der Waals surface area contributed by atoms with E-state index in [2.05, 4.69) is 10.4 Å². The molecular formula is C19H17N3O3. The fourth-order valence-electron chi connectivity index (χ4n) is 2.71. The summed E-state index contributed by atoms with van der Waals surface area (Å²) in [5.74, 6) is 1.54. The Bertz CT molecular complexity index is 905. The summed E-state index contributed by atoms with van der Waals surface area (Å²) in [7, 11) is 0. The normalized spacial score (nSPS) is 15.6. The number of ether oxygens (including phenoxy) is 2. The molecule has 25 heavy (non-hydrogen) atoms. The van der Waals surface area contributed by atoms with Crippen molar-refractivity contribution in [3.05, 3.63) is 66.4 Å². The van der Waals surface area contributed by atoms with Crippen LogP contribution in [-0.2, 0) is 4.79 Å². The van der Waals surface area contributed by atoms with E-state index in [0.717, 1.165) is 11.4 Å². The molecule has 1 aromatic heterocycles. The van der Waals surface area contributed by atoms with Crippen LogP contribution in [0.3, 0.4) is 0 Å².